The van der Waals surface area contributed by atoms with Crippen molar-refractivity contribution >= 4 is 17.3 Å². The number of guanidine groups is 1. The summed E-state index contributed by atoms with van der Waals surface area (Å²) in [7, 11) is 1.76. The fourth-order valence-electron chi connectivity index (χ4n) is 1.66. The Morgan fingerprint density at radius 3 is 2.65 bits per heavy atom. The number of rotatable bonds is 5. The van der Waals surface area contributed by atoms with E-state index in [0.717, 1.165) is 23.8 Å². The van der Waals surface area contributed by atoms with Gasteiger partial charge >= 0.3 is 0 Å². The SMILES string of the molecule is CCc1nc(CNC(=NC)NCc2ccccn2)cs1. The number of thiazole rings is 1. The molecule has 0 fully saturated rings. The van der Waals surface area contributed by atoms with Gasteiger partial charge in [-0.3, -0.25) is 9.98 Å². The van der Waals surface area contributed by atoms with E-state index in [2.05, 4.69) is 37.9 Å². The largest absolute Gasteiger partial charge is 0.351 e. The van der Waals surface area contributed by atoms with Crippen LogP contribution in [0.3, 0.4) is 0 Å². The fourth-order valence-corrected chi connectivity index (χ4v) is 2.41. The van der Waals surface area contributed by atoms with Gasteiger partial charge in [0.15, 0.2) is 5.96 Å². The second-order valence-corrected chi connectivity index (χ2v) is 5.13. The molecule has 0 atom stereocenters. The van der Waals surface area contributed by atoms with Gasteiger partial charge in [0.2, 0.25) is 0 Å². The highest BCUT2D eigenvalue weighted by molar-refractivity contribution is 7.09. The molecule has 0 saturated carbocycles. The zero-order valence-corrected chi connectivity index (χ0v) is 12.6. The zero-order chi connectivity index (χ0) is 14.2. The monoisotopic (exact) mass is 289 g/mol. The molecule has 2 aromatic rings. The molecule has 0 bridgehead atoms. The quantitative estimate of drug-likeness (QED) is 0.652. The highest BCUT2D eigenvalue weighted by Gasteiger charge is 2.02. The molecule has 0 radical (unpaired) electrons. The van der Waals surface area contributed by atoms with Crippen molar-refractivity contribution in [2.75, 3.05) is 7.05 Å². The molecule has 0 unspecified atom stereocenters. The summed E-state index contributed by atoms with van der Waals surface area (Å²) in [6.07, 6.45) is 2.77. The maximum Gasteiger partial charge on any atom is 0.191 e. The lowest BCUT2D eigenvalue weighted by atomic mass is 10.3. The Morgan fingerprint density at radius 2 is 2.05 bits per heavy atom. The minimum Gasteiger partial charge on any atom is -0.351 e. The van der Waals surface area contributed by atoms with Crippen molar-refractivity contribution in [2.24, 2.45) is 4.99 Å². The summed E-state index contributed by atoms with van der Waals surface area (Å²) < 4.78 is 0. The fraction of sp³-hybridized carbons (Fsp3) is 0.357. The summed E-state index contributed by atoms with van der Waals surface area (Å²) in [6, 6.07) is 5.86. The third-order valence-corrected chi connectivity index (χ3v) is 3.77. The van der Waals surface area contributed by atoms with Crippen molar-refractivity contribution < 1.29 is 0 Å². The van der Waals surface area contributed by atoms with Crippen molar-refractivity contribution in [2.45, 2.75) is 26.4 Å². The zero-order valence-electron chi connectivity index (χ0n) is 11.8. The lowest BCUT2D eigenvalue weighted by Crippen LogP contribution is -2.36. The first kappa shape index (κ1) is 14.5. The third kappa shape index (κ3) is 4.31. The summed E-state index contributed by atoms with van der Waals surface area (Å²) in [6.45, 7) is 3.44. The molecule has 0 amide bonds. The molecule has 2 N–H and O–H groups in total. The number of hydrogen-bond donors (Lipinski definition) is 2. The molecule has 0 aromatic carbocycles. The summed E-state index contributed by atoms with van der Waals surface area (Å²) in [5.41, 5.74) is 2.03. The molecule has 106 valence electrons. The first-order valence-corrected chi connectivity index (χ1v) is 7.47. The maximum atomic E-state index is 4.51. The van der Waals surface area contributed by atoms with Crippen LogP contribution in [0.15, 0.2) is 34.8 Å². The Hall–Kier alpha value is -1.95. The number of nitrogens with one attached hydrogen (secondary N) is 2. The number of aromatic nitrogens is 2. The molecule has 20 heavy (non-hydrogen) atoms. The van der Waals surface area contributed by atoms with E-state index in [-0.39, 0.29) is 0 Å². The Kier molecular flexibility index (Phi) is 5.49. The van der Waals surface area contributed by atoms with Crippen LogP contribution in [0, 0.1) is 0 Å². The van der Waals surface area contributed by atoms with Gasteiger partial charge in [0.05, 0.1) is 29.5 Å². The van der Waals surface area contributed by atoms with E-state index >= 15 is 0 Å². The van der Waals surface area contributed by atoms with Gasteiger partial charge in [-0.05, 0) is 18.6 Å². The van der Waals surface area contributed by atoms with E-state index in [9.17, 15) is 0 Å². The molecule has 0 aliphatic rings. The van der Waals surface area contributed by atoms with Crippen molar-refractivity contribution in [3.8, 4) is 0 Å². The van der Waals surface area contributed by atoms with E-state index in [4.69, 9.17) is 0 Å². The Balaban J connectivity index is 1.81. The van der Waals surface area contributed by atoms with Crippen LogP contribution in [0.1, 0.15) is 23.3 Å². The minimum absolute atomic E-state index is 0.651. The highest BCUT2D eigenvalue weighted by atomic mass is 32.1. The standard InChI is InChI=1S/C14H19N5S/c1-3-13-19-12(10-20-13)9-18-14(15-2)17-8-11-6-4-5-7-16-11/h4-7,10H,3,8-9H2,1-2H3,(H2,15,17,18). The van der Waals surface area contributed by atoms with E-state index in [1.807, 2.05) is 18.2 Å². The second kappa shape index (κ2) is 7.59. The molecular weight excluding hydrogens is 270 g/mol. The van der Waals surface area contributed by atoms with Gasteiger partial charge in [-0.25, -0.2) is 4.98 Å². The molecule has 2 aromatic heterocycles. The molecule has 0 aliphatic heterocycles. The Morgan fingerprint density at radius 1 is 1.25 bits per heavy atom. The topological polar surface area (TPSA) is 62.2 Å². The smallest absolute Gasteiger partial charge is 0.191 e. The summed E-state index contributed by atoms with van der Waals surface area (Å²) in [5, 5.41) is 9.72. The number of aliphatic imine (C=N–C) groups is 1. The lowest BCUT2D eigenvalue weighted by Gasteiger charge is -2.10. The lowest BCUT2D eigenvalue weighted by molar-refractivity contribution is 0.783. The van der Waals surface area contributed by atoms with Gasteiger partial charge < -0.3 is 10.6 Å². The molecule has 0 spiro atoms. The van der Waals surface area contributed by atoms with E-state index in [1.54, 1.807) is 24.6 Å². The summed E-state index contributed by atoms with van der Waals surface area (Å²) in [4.78, 5) is 13.0. The van der Waals surface area contributed by atoms with E-state index < -0.39 is 0 Å². The average Bonchev–Trinajstić information content (AvgIpc) is 2.96. The molecule has 2 heterocycles. The normalized spacial score (nSPS) is 11.4. The van der Waals surface area contributed by atoms with E-state index in [1.165, 1.54) is 5.01 Å². The number of hydrogen-bond acceptors (Lipinski definition) is 4. The summed E-state index contributed by atoms with van der Waals surface area (Å²) in [5.74, 6) is 0.752. The van der Waals surface area contributed by atoms with Crippen LogP contribution in [-0.4, -0.2) is 23.0 Å². The van der Waals surface area contributed by atoms with Gasteiger partial charge in [-0.1, -0.05) is 13.0 Å². The summed E-state index contributed by atoms with van der Waals surface area (Å²) >= 11 is 1.70. The van der Waals surface area contributed by atoms with Crippen molar-refractivity contribution in [3.05, 3.63) is 46.2 Å². The van der Waals surface area contributed by atoms with Crippen LogP contribution in [0.5, 0.6) is 0 Å². The van der Waals surface area contributed by atoms with Crippen LogP contribution in [0.4, 0.5) is 0 Å². The van der Waals surface area contributed by atoms with Crippen LogP contribution in [-0.2, 0) is 19.5 Å². The molecule has 2 rings (SSSR count). The van der Waals surface area contributed by atoms with Crippen LogP contribution < -0.4 is 10.6 Å². The molecule has 0 saturated heterocycles. The number of pyridine rings is 1. The molecular formula is C14H19N5S. The van der Waals surface area contributed by atoms with E-state index in [0.29, 0.717) is 13.1 Å². The number of nitrogens with zero attached hydrogens (tertiary/aromatic N) is 3. The third-order valence-electron chi connectivity index (χ3n) is 2.73. The van der Waals surface area contributed by atoms with Crippen LogP contribution >= 0.6 is 11.3 Å². The van der Waals surface area contributed by atoms with Crippen molar-refractivity contribution in [1.82, 2.24) is 20.6 Å². The Bertz CT molecular complexity index is 550. The first-order chi connectivity index (χ1) is 9.81. The van der Waals surface area contributed by atoms with Crippen molar-refractivity contribution in [3.63, 3.8) is 0 Å². The van der Waals surface area contributed by atoms with Gasteiger partial charge in [0.25, 0.3) is 0 Å². The molecule has 6 heteroatoms. The molecule has 5 nitrogen and oxygen atoms in total. The Labute approximate surface area is 123 Å². The second-order valence-electron chi connectivity index (χ2n) is 4.19. The average molecular weight is 289 g/mol. The maximum absolute atomic E-state index is 4.51. The predicted octanol–water partition coefficient (Wildman–Crippen LogP) is 1.97. The predicted molar refractivity (Wildman–Crippen MR) is 82.8 cm³/mol. The highest BCUT2D eigenvalue weighted by Crippen LogP contribution is 2.09. The first-order valence-electron chi connectivity index (χ1n) is 6.59. The van der Waals surface area contributed by atoms with Gasteiger partial charge in [0, 0.05) is 18.6 Å². The minimum atomic E-state index is 0.651. The van der Waals surface area contributed by atoms with Gasteiger partial charge in [-0.15, -0.1) is 11.3 Å². The van der Waals surface area contributed by atoms with Gasteiger partial charge in [-0.2, -0.15) is 0 Å². The number of aryl methyl sites for hydroxylation is 1. The van der Waals surface area contributed by atoms with Crippen molar-refractivity contribution in [1.29, 1.82) is 0 Å². The molecule has 0 aliphatic carbocycles. The van der Waals surface area contributed by atoms with Crippen LogP contribution in [0.2, 0.25) is 0 Å². The van der Waals surface area contributed by atoms with Crippen LogP contribution in [0.25, 0.3) is 0 Å². The van der Waals surface area contributed by atoms with Gasteiger partial charge in [0.1, 0.15) is 0 Å².